The van der Waals surface area contributed by atoms with Crippen LogP contribution in [0.15, 0.2) is 38.0 Å². The van der Waals surface area contributed by atoms with Crippen molar-refractivity contribution >= 4 is 23.9 Å². The molecule has 3 aliphatic rings. The van der Waals surface area contributed by atoms with Crippen LogP contribution in [0.1, 0.15) is 6.92 Å². The van der Waals surface area contributed by atoms with Crippen molar-refractivity contribution in [2.24, 2.45) is 0 Å². The molecule has 3 heterocycles. The van der Waals surface area contributed by atoms with Crippen LogP contribution in [-0.4, -0.2) is 93.4 Å². The third-order valence-corrected chi connectivity index (χ3v) is 2.72. The van der Waals surface area contributed by atoms with Gasteiger partial charge in [-0.15, -0.1) is 0 Å². The Hall–Kier alpha value is -1.73. The maximum atomic E-state index is 9.25. The summed E-state index contributed by atoms with van der Waals surface area (Å²) >= 11 is 0. The van der Waals surface area contributed by atoms with E-state index in [2.05, 4.69) is 29.5 Å². The van der Waals surface area contributed by atoms with E-state index >= 15 is 0 Å². The van der Waals surface area contributed by atoms with Crippen molar-refractivity contribution < 1.29 is 78.6 Å². The maximum Gasteiger partial charge on any atom is 0.327 e. The Morgan fingerprint density at radius 2 is 0.724 bits per heavy atom. The van der Waals surface area contributed by atoms with Crippen LogP contribution in [0.25, 0.3) is 0 Å². The number of hydrogen-bond acceptors (Lipinski definition) is 6. The summed E-state index contributed by atoms with van der Waals surface area (Å²) < 4.78 is 0. The van der Waals surface area contributed by atoms with E-state index in [1.807, 2.05) is 0 Å². The minimum Gasteiger partial charge on any atom is -0.481 e. The van der Waals surface area contributed by atoms with Gasteiger partial charge >= 0.3 is 17.9 Å². The summed E-state index contributed by atoms with van der Waals surface area (Å²) in [7, 11) is 0. The first-order valence-corrected chi connectivity index (χ1v) is 7.70. The quantitative estimate of drug-likeness (QED) is 0.306. The first kappa shape index (κ1) is 37.9. The molecule has 0 aromatic heterocycles. The molecule has 29 heavy (non-hydrogen) atoms. The second-order valence-corrected chi connectivity index (χ2v) is 4.83. The molecule has 0 aromatic rings. The van der Waals surface area contributed by atoms with Gasteiger partial charge in [-0.2, -0.15) is 0 Å². The Morgan fingerprint density at radius 1 is 0.621 bits per heavy atom. The summed E-state index contributed by atoms with van der Waals surface area (Å²) in [4.78, 5) is 41.8. The van der Waals surface area contributed by atoms with Crippen LogP contribution < -0.4 is 0 Å². The Balaban J connectivity index is -0.0000000839. The molecular formula is C17H28N2O8Zn2. The summed E-state index contributed by atoms with van der Waals surface area (Å²) in [6.07, 6.45) is 2.50. The zero-order chi connectivity index (χ0) is 21.8. The standard InChI is InChI=1S/C6H12N2.3C3H4O2.C2H4O2.2Zn/c1-2-8-5-3-7(1)4-6-8;3*1-2-3(4)5;1-2(3)4;;/h1-6H2;3*2H,1H2,(H,4,5);1H3,(H,3,4);;. The number of nitrogens with zero attached hydrogens (tertiary/aromatic N) is 2. The second-order valence-electron chi connectivity index (χ2n) is 4.83. The predicted molar refractivity (Wildman–Crippen MR) is 99.7 cm³/mol. The van der Waals surface area contributed by atoms with Gasteiger partial charge < -0.3 is 20.4 Å². The van der Waals surface area contributed by atoms with E-state index in [1.165, 1.54) is 39.3 Å². The molecule has 2 bridgehead atoms. The van der Waals surface area contributed by atoms with Gasteiger partial charge in [-0.1, -0.05) is 19.7 Å². The van der Waals surface area contributed by atoms with Crippen molar-refractivity contribution in [3.63, 3.8) is 0 Å². The van der Waals surface area contributed by atoms with Crippen LogP contribution in [0.4, 0.5) is 0 Å². The van der Waals surface area contributed by atoms with Crippen LogP contribution in [0.2, 0.25) is 0 Å². The zero-order valence-electron chi connectivity index (χ0n) is 16.8. The molecule has 3 fully saturated rings. The van der Waals surface area contributed by atoms with Crippen LogP contribution in [0.3, 0.4) is 0 Å². The number of rotatable bonds is 3. The zero-order valence-corrected chi connectivity index (χ0v) is 22.8. The molecule has 3 rings (SSSR count). The molecular weight excluding hydrogens is 491 g/mol. The number of carboxylic acid groups (broad SMARTS) is 4. The fraction of sp³-hybridized carbons (Fsp3) is 0.412. The van der Waals surface area contributed by atoms with Gasteiger partial charge in [-0.3, -0.25) is 14.6 Å². The largest absolute Gasteiger partial charge is 0.481 e. The van der Waals surface area contributed by atoms with Crippen molar-refractivity contribution in [2.45, 2.75) is 6.92 Å². The smallest absolute Gasteiger partial charge is 0.327 e. The van der Waals surface area contributed by atoms with Crippen molar-refractivity contribution in [3.8, 4) is 0 Å². The van der Waals surface area contributed by atoms with Gasteiger partial charge in [0.2, 0.25) is 0 Å². The van der Waals surface area contributed by atoms with Crippen molar-refractivity contribution in [3.05, 3.63) is 38.0 Å². The Bertz CT molecular complexity index is 438. The molecule has 12 heteroatoms. The van der Waals surface area contributed by atoms with Gasteiger partial charge in [0, 0.05) is 103 Å². The molecule has 0 radical (unpaired) electrons. The molecule has 3 aliphatic heterocycles. The van der Waals surface area contributed by atoms with Gasteiger partial charge in [0.15, 0.2) is 0 Å². The monoisotopic (exact) mass is 516 g/mol. The normalized spacial score (nSPS) is 16.6. The summed E-state index contributed by atoms with van der Waals surface area (Å²) in [6, 6.07) is 0. The molecule has 0 unspecified atom stereocenters. The number of carbonyl (C=O) groups is 4. The Kier molecular flexibility index (Phi) is 34.4. The van der Waals surface area contributed by atoms with E-state index in [1.54, 1.807) is 0 Å². The van der Waals surface area contributed by atoms with E-state index in [9.17, 15) is 14.4 Å². The van der Waals surface area contributed by atoms with Gasteiger partial charge in [-0.05, 0) is 0 Å². The first-order valence-electron chi connectivity index (χ1n) is 7.70. The number of piperazine rings is 3. The maximum absolute atomic E-state index is 9.25. The fourth-order valence-corrected chi connectivity index (χ4v) is 1.52. The van der Waals surface area contributed by atoms with E-state index < -0.39 is 23.9 Å². The predicted octanol–water partition coefficient (Wildman–Crippen LogP) is 0.475. The number of carboxylic acids is 4. The van der Waals surface area contributed by atoms with Gasteiger partial charge in [-0.25, -0.2) is 14.4 Å². The molecule has 0 atom stereocenters. The van der Waals surface area contributed by atoms with Gasteiger partial charge in [0.05, 0.1) is 0 Å². The fourth-order valence-electron chi connectivity index (χ4n) is 1.52. The molecule has 10 nitrogen and oxygen atoms in total. The third-order valence-electron chi connectivity index (χ3n) is 2.72. The van der Waals surface area contributed by atoms with E-state index in [0.29, 0.717) is 0 Å². The van der Waals surface area contributed by atoms with Crippen LogP contribution in [0.5, 0.6) is 0 Å². The third kappa shape index (κ3) is 41.7. The number of fused-ring (bicyclic) bond motifs is 3. The topological polar surface area (TPSA) is 156 Å². The Morgan fingerprint density at radius 3 is 0.759 bits per heavy atom. The van der Waals surface area contributed by atoms with Crippen molar-refractivity contribution in [1.82, 2.24) is 9.80 Å². The molecule has 3 saturated heterocycles. The molecule has 0 spiro atoms. The van der Waals surface area contributed by atoms with E-state index in [-0.39, 0.29) is 39.0 Å². The van der Waals surface area contributed by atoms with Crippen LogP contribution >= 0.6 is 0 Å². The molecule has 0 aliphatic carbocycles. The van der Waals surface area contributed by atoms with E-state index in [0.717, 1.165) is 25.2 Å². The second kappa shape index (κ2) is 26.3. The summed E-state index contributed by atoms with van der Waals surface area (Å²) in [5, 5.41) is 30.2. The number of hydrogen-bond donors (Lipinski definition) is 4. The Labute approximate surface area is 196 Å². The van der Waals surface area contributed by atoms with E-state index in [4.69, 9.17) is 25.2 Å². The SMILES string of the molecule is C1CN2CCN1CC2.C=CC(=O)O.C=CC(=O)O.C=CC(=O)O.CC(=O)O.[Zn].[Zn]. The summed E-state index contributed by atoms with van der Waals surface area (Å²) in [5.74, 6) is -3.78. The minimum absolute atomic E-state index is 0. The van der Waals surface area contributed by atoms with Crippen molar-refractivity contribution in [2.75, 3.05) is 39.3 Å². The molecule has 0 amide bonds. The van der Waals surface area contributed by atoms with Crippen LogP contribution in [-0.2, 0) is 58.1 Å². The summed E-state index contributed by atoms with van der Waals surface area (Å²) in [6.45, 7) is 17.9. The first-order chi connectivity index (χ1) is 12.5. The van der Waals surface area contributed by atoms with Crippen molar-refractivity contribution in [1.29, 1.82) is 0 Å². The molecule has 158 valence electrons. The molecule has 0 aromatic carbocycles. The van der Waals surface area contributed by atoms with Gasteiger partial charge in [0.1, 0.15) is 0 Å². The average Bonchev–Trinajstić information content (AvgIpc) is 2.64. The molecule has 0 saturated carbocycles. The number of aliphatic carboxylic acids is 4. The summed E-state index contributed by atoms with van der Waals surface area (Å²) in [5.41, 5.74) is 0. The van der Waals surface area contributed by atoms with Gasteiger partial charge in [0.25, 0.3) is 5.97 Å². The minimum atomic E-state index is -0.981. The molecule has 4 N–H and O–H groups in total. The average molecular weight is 519 g/mol. The van der Waals surface area contributed by atoms with Crippen LogP contribution in [0, 0.1) is 0 Å².